The summed E-state index contributed by atoms with van der Waals surface area (Å²) in [6.45, 7) is 1.57. The zero-order valence-corrected chi connectivity index (χ0v) is 7.04. The van der Waals surface area contributed by atoms with Gasteiger partial charge in [-0.3, -0.25) is 0 Å². The summed E-state index contributed by atoms with van der Waals surface area (Å²) in [5.74, 6) is 0. The molecule has 0 amide bonds. The molecule has 0 bridgehead atoms. The van der Waals surface area contributed by atoms with E-state index < -0.39 is 30.7 Å². The third-order valence-corrected chi connectivity index (χ3v) is 2.07. The lowest BCUT2D eigenvalue weighted by Gasteiger charge is -2.38. The van der Waals surface area contributed by atoms with Crippen molar-refractivity contribution in [1.29, 1.82) is 0 Å². The van der Waals surface area contributed by atoms with Gasteiger partial charge in [0, 0.05) is 7.11 Å². The first-order chi connectivity index (χ1) is 5.57. The van der Waals surface area contributed by atoms with Gasteiger partial charge in [-0.05, 0) is 6.92 Å². The summed E-state index contributed by atoms with van der Waals surface area (Å²) >= 11 is 0. The van der Waals surface area contributed by atoms with Crippen molar-refractivity contribution >= 4 is 0 Å². The molecule has 0 spiro atoms. The number of aliphatic hydroxyl groups excluding tert-OH is 3. The van der Waals surface area contributed by atoms with Crippen LogP contribution in [0.25, 0.3) is 0 Å². The molecular formula is C7H14O5. The number of hydrogen-bond donors (Lipinski definition) is 3. The topological polar surface area (TPSA) is 79.2 Å². The Labute approximate surface area is 70.5 Å². The minimum absolute atomic E-state index is 0.582. The summed E-state index contributed by atoms with van der Waals surface area (Å²) in [6.07, 6.45) is -4.76. The van der Waals surface area contributed by atoms with E-state index >= 15 is 0 Å². The molecule has 0 saturated carbocycles. The van der Waals surface area contributed by atoms with E-state index in [1.165, 1.54) is 7.11 Å². The Morgan fingerprint density at radius 1 is 1.17 bits per heavy atom. The molecule has 1 aliphatic rings. The van der Waals surface area contributed by atoms with Gasteiger partial charge in [-0.15, -0.1) is 0 Å². The predicted octanol–water partition coefficient (Wildman–Crippen LogP) is -1.54. The van der Waals surface area contributed by atoms with Crippen LogP contribution in [0.3, 0.4) is 0 Å². The molecule has 5 atom stereocenters. The molecule has 1 saturated heterocycles. The van der Waals surface area contributed by atoms with Crippen LogP contribution in [0.2, 0.25) is 0 Å². The first-order valence-corrected chi connectivity index (χ1v) is 3.80. The van der Waals surface area contributed by atoms with Gasteiger partial charge in [0.05, 0.1) is 6.10 Å². The van der Waals surface area contributed by atoms with Crippen molar-refractivity contribution in [3.05, 3.63) is 0 Å². The van der Waals surface area contributed by atoms with Gasteiger partial charge in [0.1, 0.15) is 18.3 Å². The third-order valence-electron chi connectivity index (χ3n) is 2.07. The number of aliphatic hydroxyl groups is 3. The largest absolute Gasteiger partial charge is 0.388 e. The smallest absolute Gasteiger partial charge is 0.184 e. The zero-order chi connectivity index (χ0) is 9.30. The lowest BCUT2D eigenvalue weighted by atomic mass is 10.00. The minimum atomic E-state index is -1.18. The van der Waals surface area contributed by atoms with Gasteiger partial charge in [0.15, 0.2) is 6.29 Å². The molecule has 72 valence electrons. The molecule has 0 unspecified atom stereocenters. The molecule has 1 heterocycles. The van der Waals surface area contributed by atoms with Crippen molar-refractivity contribution < 1.29 is 24.8 Å². The van der Waals surface area contributed by atoms with Crippen LogP contribution in [0.4, 0.5) is 0 Å². The second-order valence-electron chi connectivity index (χ2n) is 2.91. The molecule has 1 rings (SSSR count). The Morgan fingerprint density at radius 2 is 1.75 bits per heavy atom. The summed E-state index contributed by atoms with van der Waals surface area (Å²) in [5, 5.41) is 27.9. The molecule has 5 nitrogen and oxygen atoms in total. The highest BCUT2D eigenvalue weighted by molar-refractivity contribution is 4.87. The number of ether oxygens (including phenoxy) is 2. The number of methoxy groups -OCH3 is 1. The van der Waals surface area contributed by atoms with Crippen molar-refractivity contribution in [2.24, 2.45) is 0 Å². The molecular weight excluding hydrogens is 164 g/mol. The molecule has 0 radical (unpaired) electrons. The van der Waals surface area contributed by atoms with E-state index in [2.05, 4.69) is 0 Å². The van der Waals surface area contributed by atoms with Crippen molar-refractivity contribution in [1.82, 2.24) is 0 Å². The quantitative estimate of drug-likeness (QED) is 0.453. The second-order valence-corrected chi connectivity index (χ2v) is 2.91. The minimum Gasteiger partial charge on any atom is -0.388 e. The standard InChI is InChI=1S/C7H14O5/c1-3-4(8)5(9)6(11-2)7(10)12-3/h3-10H,1-2H3/t3-,4+,5-,6+,7-/m1/s1. The summed E-state index contributed by atoms with van der Waals surface area (Å²) in [4.78, 5) is 0. The average Bonchev–Trinajstić information content (AvgIpc) is 2.01. The first kappa shape index (κ1) is 9.88. The van der Waals surface area contributed by atoms with Gasteiger partial charge in [0.2, 0.25) is 0 Å². The highest BCUT2D eigenvalue weighted by atomic mass is 16.7. The fourth-order valence-electron chi connectivity index (χ4n) is 1.27. The second kappa shape index (κ2) is 3.68. The predicted molar refractivity (Wildman–Crippen MR) is 39.4 cm³/mol. The van der Waals surface area contributed by atoms with Gasteiger partial charge in [0.25, 0.3) is 0 Å². The molecule has 1 aliphatic heterocycles. The monoisotopic (exact) mass is 178 g/mol. The van der Waals surface area contributed by atoms with E-state index in [4.69, 9.17) is 9.47 Å². The first-order valence-electron chi connectivity index (χ1n) is 3.80. The lowest BCUT2D eigenvalue weighted by Crippen LogP contribution is -2.57. The van der Waals surface area contributed by atoms with Gasteiger partial charge in [-0.25, -0.2) is 0 Å². The van der Waals surface area contributed by atoms with Gasteiger partial charge >= 0.3 is 0 Å². The maximum Gasteiger partial charge on any atom is 0.184 e. The van der Waals surface area contributed by atoms with Crippen LogP contribution in [0.5, 0.6) is 0 Å². The summed E-state index contributed by atoms with van der Waals surface area (Å²) in [6, 6.07) is 0. The Bertz CT molecular complexity index is 151. The fourth-order valence-corrected chi connectivity index (χ4v) is 1.27. The van der Waals surface area contributed by atoms with E-state index in [0.717, 1.165) is 0 Å². The Morgan fingerprint density at radius 3 is 2.25 bits per heavy atom. The van der Waals surface area contributed by atoms with E-state index in [9.17, 15) is 15.3 Å². The maximum atomic E-state index is 9.36. The van der Waals surface area contributed by atoms with Crippen LogP contribution >= 0.6 is 0 Å². The van der Waals surface area contributed by atoms with Crippen molar-refractivity contribution in [2.75, 3.05) is 7.11 Å². The number of rotatable bonds is 1. The van der Waals surface area contributed by atoms with Gasteiger partial charge in [-0.2, -0.15) is 0 Å². The Balaban J connectivity index is 2.65. The summed E-state index contributed by atoms with van der Waals surface area (Å²) in [5.41, 5.74) is 0. The maximum absolute atomic E-state index is 9.36. The summed E-state index contributed by atoms with van der Waals surface area (Å²) < 4.78 is 9.64. The van der Waals surface area contributed by atoms with Crippen molar-refractivity contribution in [2.45, 2.75) is 37.6 Å². The lowest BCUT2D eigenvalue weighted by molar-refractivity contribution is -0.283. The molecule has 3 N–H and O–H groups in total. The van der Waals surface area contributed by atoms with E-state index in [1.807, 2.05) is 0 Å². The van der Waals surface area contributed by atoms with Gasteiger partial charge < -0.3 is 24.8 Å². The molecule has 0 aromatic heterocycles. The van der Waals surface area contributed by atoms with Crippen molar-refractivity contribution in [3.8, 4) is 0 Å². The Hall–Kier alpha value is -0.200. The van der Waals surface area contributed by atoms with Crippen LogP contribution in [0.1, 0.15) is 6.92 Å². The molecule has 12 heavy (non-hydrogen) atoms. The SMILES string of the molecule is CO[C@H]1[C@H](O)[C@@H](O)[C@@H](C)O[C@H]1O. The molecule has 5 heteroatoms. The highest BCUT2D eigenvalue weighted by Gasteiger charge is 2.41. The molecule has 0 aromatic carbocycles. The normalized spacial score (nSPS) is 49.2. The van der Waals surface area contributed by atoms with Crippen LogP contribution in [-0.4, -0.2) is 53.1 Å². The van der Waals surface area contributed by atoms with Crippen LogP contribution in [0, 0.1) is 0 Å². The van der Waals surface area contributed by atoms with Crippen LogP contribution in [-0.2, 0) is 9.47 Å². The van der Waals surface area contributed by atoms with Crippen LogP contribution < -0.4 is 0 Å². The Kier molecular flexibility index (Phi) is 3.03. The van der Waals surface area contributed by atoms with E-state index in [0.29, 0.717) is 0 Å². The van der Waals surface area contributed by atoms with E-state index in [-0.39, 0.29) is 0 Å². The average molecular weight is 178 g/mol. The highest BCUT2D eigenvalue weighted by Crippen LogP contribution is 2.20. The molecule has 0 aromatic rings. The van der Waals surface area contributed by atoms with Gasteiger partial charge in [-0.1, -0.05) is 0 Å². The molecule has 0 aliphatic carbocycles. The third kappa shape index (κ3) is 1.60. The van der Waals surface area contributed by atoms with E-state index in [1.54, 1.807) is 6.92 Å². The van der Waals surface area contributed by atoms with Crippen molar-refractivity contribution in [3.63, 3.8) is 0 Å². The summed E-state index contributed by atoms with van der Waals surface area (Å²) in [7, 11) is 1.34. The number of hydrogen-bond acceptors (Lipinski definition) is 5. The molecule has 1 fully saturated rings. The van der Waals surface area contributed by atoms with Crippen LogP contribution in [0.15, 0.2) is 0 Å². The fraction of sp³-hybridized carbons (Fsp3) is 1.00. The zero-order valence-electron chi connectivity index (χ0n) is 7.04.